The highest BCUT2D eigenvalue weighted by Crippen LogP contribution is 2.33. The van der Waals surface area contributed by atoms with Crippen LogP contribution in [-0.4, -0.2) is 71.2 Å². The van der Waals surface area contributed by atoms with Crippen LogP contribution in [0.25, 0.3) is 0 Å². The maximum Gasteiger partial charge on any atom is 0.191 e. The van der Waals surface area contributed by atoms with Crippen molar-refractivity contribution in [2.75, 3.05) is 58.5 Å². The van der Waals surface area contributed by atoms with Crippen molar-refractivity contribution in [2.24, 2.45) is 4.99 Å². The molecule has 170 valence electrons. The number of nitrogens with one attached hydrogen (secondary N) is 2. The largest absolute Gasteiger partial charge is 0.495 e. The van der Waals surface area contributed by atoms with Gasteiger partial charge in [0.05, 0.1) is 24.9 Å². The first-order chi connectivity index (χ1) is 14.1. The molecule has 9 heteroatoms. The molecule has 2 aliphatic heterocycles. The van der Waals surface area contributed by atoms with Gasteiger partial charge in [0.25, 0.3) is 0 Å². The number of ether oxygens (including phenoxy) is 3. The predicted octanol–water partition coefficient (Wildman–Crippen LogP) is 3.30. The van der Waals surface area contributed by atoms with Crippen LogP contribution in [0.2, 0.25) is 5.02 Å². The lowest BCUT2D eigenvalue weighted by molar-refractivity contribution is -0.0828. The maximum atomic E-state index is 6.21. The molecule has 2 saturated heterocycles. The number of hydrogen-bond acceptors (Lipinski definition) is 5. The Labute approximate surface area is 201 Å². The second-order valence-electron chi connectivity index (χ2n) is 7.59. The SMILES string of the molecule is CCNC(=NCC1(OC)CCOCC1)NC1CCN(c2cc(Cl)ccc2OC)C1.I. The van der Waals surface area contributed by atoms with Gasteiger partial charge in [-0.25, -0.2) is 0 Å². The fourth-order valence-corrected chi connectivity index (χ4v) is 4.08. The van der Waals surface area contributed by atoms with E-state index in [0.717, 1.165) is 69.5 Å². The Morgan fingerprint density at radius 2 is 2.10 bits per heavy atom. The van der Waals surface area contributed by atoms with E-state index < -0.39 is 0 Å². The number of aliphatic imine (C=N–C) groups is 1. The van der Waals surface area contributed by atoms with Crippen molar-refractivity contribution in [3.63, 3.8) is 0 Å². The van der Waals surface area contributed by atoms with Gasteiger partial charge in [-0.1, -0.05) is 11.6 Å². The molecule has 1 aromatic carbocycles. The first-order valence-corrected chi connectivity index (χ1v) is 10.7. The summed E-state index contributed by atoms with van der Waals surface area (Å²) in [4.78, 5) is 7.15. The summed E-state index contributed by atoms with van der Waals surface area (Å²) in [5.74, 6) is 1.68. The van der Waals surface area contributed by atoms with E-state index in [1.165, 1.54) is 0 Å². The summed E-state index contributed by atoms with van der Waals surface area (Å²) in [5, 5.41) is 7.67. The minimum absolute atomic E-state index is 0. The lowest BCUT2D eigenvalue weighted by Gasteiger charge is -2.34. The molecule has 0 bridgehead atoms. The number of guanidine groups is 1. The average Bonchev–Trinajstić information content (AvgIpc) is 3.21. The Bertz CT molecular complexity index is 701. The van der Waals surface area contributed by atoms with Crippen molar-refractivity contribution in [2.45, 2.75) is 37.8 Å². The van der Waals surface area contributed by atoms with Crippen LogP contribution in [0, 0.1) is 0 Å². The molecule has 2 N–H and O–H groups in total. The van der Waals surface area contributed by atoms with Crippen molar-refractivity contribution >= 4 is 47.2 Å². The van der Waals surface area contributed by atoms with Gasteiger partial charge in [0.15, 0.2) is 5.96 Å². The molecule has 30 heavy (non-hydrogen) atoms. The van der Waals surface area contributed by atoms with E-state index in [1.54, 1.807) is 14.2 Å². The number of nitrogens with zero attached hydrogens (tertiary/aromatic N) is 2. The van der Waals surface area contributed by atoms with E-state index in [0.29, 0.717) is 17.6 Å². The lowest BCUT2D eigenvalue weighted by atomic mass is 9.94. The van der Waals surface area contributed by atoms with Crippen LogP contribution in [0.4, 0.5) is 5.69 Å². The first kappa shape index (κ1) is 25.3. The predicted molar refractivity (Wildman–Crippen MR) is 133 cm³/mol. The molecule has 7 nitrogen and oxygen atoms in total. The van der Waals surface area contributed by atoms with Gasteiger partial charge >= 0.3 is 0 Å². The van der Waals surface area contributed by atoms with Gasteiger partial charge in [-0.15, -0.1) is 24.0 Å². The van der Waals surface area contributed by atoms with E-state index >= 15 is 0 Å². The molecule has 0 aliphatic carbocycles. The van der Waals surface area contributed by atoms with Gasteiger partial charge < -0.3 is 29.7 Å². The van der Waals surface area contributed by atoms with Crippen molar-refractivity contribution < 1.29 is 14.2 Å². The quantitative estimate of drug-likeness (QED) is 0.307. The van der Waals surface area contributed by atoms with Crippen LogP contribution < -0.4 is 20.3 Å². The zero-order valence-corrected chi connectivity index (χ0v) is 21.2. The maximum absolute atomic E-state index is 6.21. The number of hydrogen-bond donors (Lipinski definition) is 2. The van der Waals surface area contributed by atoms with E-state index in [2.05, 4.69) is 22.5 Å². The zero-order chi connectivity index (χ0) is 20.7. The summed E-state index contributed by atoms with van der Waals surface area (Å²) in [7, 11) is 3.46. The minimum atomic E-state index is -0.226. The summed E-state index contributed by atoms with van der Waals surface area (Å²) >= 11 is 6.21. The van der Waals surface area contributed by atoms with Crippen LogP contribution in [0.15, 0.2) is 23.2 Å². The van der Waals surface area contributed by atoms with Gasteiger partial charge in [0, 0.05) is 63.9 Å². The van der Waals surface area contributed by atoms with Crippen molar-refractivity contribution in [1.82, 2.24) is 10.6 Å². The highest BCUT2D eigenvalue weighted by Gasteiger charge is 2.33. The first-order valence-electron chi connectivity index (χ1n) is 10.4. The standard InChI is InChI=1S/C21H33ClN4O3.HI/c1-4-23-20(24-15-21(28-3)8-11-29-12-9-21)25-17-7-10-26(14-17)18-13-16(22)5-6-19(18)27-2;/h5-6,13,17H,4,7-12,14-15H2,1-3H3,(H2,23,24,25);1H. The molecule has 0 radical (unpaired) electrons. The molecule has 0 spiro atoms. The van der Waals surface area contributed by atoms with Crippen LogP contribution in [0.3, 0.4) is 0 Å². The highest BCUT2D eigenvalue weighted by atomic mass is 127. The van der Waals surface area contributed by atoms with Gasteiger partial charge in [-0.05, 0) is 31.5 Å². The summed E-state index contributed by atoms with van der Waals surface area (Å²) < 4.78 is 16.8. The van der Waals surface area contributed by atoms with E-state index in [9.17, 15) is 0 Å². The number of rotatable bonds is 7. The minimum Gasteiger partial charge on any atom is -0.495 e. The number of methoxy groups -OCH3 is 2. The molecular formula is C21H34ClIN4O3. The molecule has 1 unspecified atom stereocenters. The van der Waals surface area contributed by atoms with E-state index in [-0.39, 0.29) is 29.6 Å². The highest BCUT2D eigenvalue weighted by molar-refractivity contribution is 14.0. The van der Waals surface area contributed by atoms with Crippen LogP contribution in [0.1, 0.15) is 26.2 Å². The Balaban J connectivity index is 0.00000320. The zero-order valence-electron chi connectivity index (χ0n) is 18.1. The molecule has 3 rings (SSSR count). The summed E-state index contributed by atoms with van der Waals surface area (Å²) in [6.07, 6.45) is 2.76. The third-order valence-corrected chi connectivity index (χ3v) is 5.95. The van der Waals surface area contributed by atoms with Crippen molar-refractivity contribution in [3.05, 3.63) is 23.2 Å². The molecule has 2 aliphatic rings. The van der Waals surface area contributed by atoms with Crippen molar-refractivity contribution in [1.29, 1.82) is 0 Å². The monoisotopic (exact) mass is 552 g/mol. The molecule has 1 aromatic rings. The second kappa shape index (κ2) is 12.2. The molecule has 0 aromatic heterocycles. The normalized spacial score (nSPS) is 21.1. The summed E-state index contributed by atoms with van der Waals surface area (Å²) in [6, 6.07) is 6.04. The van der Waals surface area contributed by atoms with Gasteiger partial charge in [0.2, 0.25) is 0 Å². The van der Waals surface area contributed by atoms with Gasteiger partial charge in [0.1, 0.15) is 5.75 Å². The smallest absolute Gasteiger partial charge is 0.191 e. The lowest BCUT2D eigenvalue weighted by Crippen LogP contribution is -2.47. The fourth-order valence-electron chi connectivity index (χ4n) is 3.91. The van der Waals surface area contributed by atoms with Crippen LogP contribution in [0.5, 0.6) is 5.75 Å². The second-order valence-corrected chi connectivity index (χ2v) is 8.02. The average molecular weight is 553 g/mol. The van der Waals surface area contributed by atoms with E-state index in [1.807, 2.05) is 18.2 Å². The topological polar surface area (TPSA) is 67.4 Å². The molecule has 1 atom stereocenters. The molecule has 0 saturated carbocycles. The molecular weight excluding hydrogens is 519 g/mol. The Morgan fingerprint density at radius 3 is 2.77 bits per heavy atom. The number of benzene rings is 1. The Hall–Kier alpha value is -0.970. The number of halogens is 2. The Kier molecular flexibility index (Phi) is 10.3. The van der Waals surface area contributed by atoms with Crippen LogP contribution in [-0.2, 0) is 9.47 Å². The van der Waals surface area contributed by atoms with Crippen molar-refractivity contribution in [3.8, 4) is 5.75 Å². The van der Waals surface area contributed by atoms with E-state index in [4.69, 9.17) is 30.8 Å². The molecule has 2 heterocycles. The van der Waals surface area contributed by atoms with Gasteiger partial charge in [-0.2, -0.15) is 0 Å². The summed E-state index contributed by atoms with van der Waals surface area (Å²) in [5.41, 5.74) is 0.808. The van der Waals surface area contributed by atoms with Gasteiger partial charge in [-0.3, -0.25) is 4.99 Å². The summed E-state index contributed by atoms with van der Waals surface area (Å²) in [6.45, 7) is 6.78. The Morgan fingerprint density at radius 1 is 1.33 bits per heavy atom. The number of anilines is 1. The fraction of sp³-hybridized carbons (Fsp3) is 0.667. The molecule has 2 fully saturated rings. The third kappa shape index (κ3) is 6.51. The molecule has 0 amide bonds. The third-order valence-electron chi connectivity index (χ3n) is 5.72. The van der Waals surface area contributed by atoms with Crippen LogP contribution >= 0.6 is 35.6 Å².